The molecule has 144 valence electrons. The van der Waals surface area contributed by atoms with Gasteiger partial charge in [0.1, 0.15) is 0 Å². The normalized spacial score (nSPS) is 10.9. The quantitative estimate of drug-likeness (QED) is 0.517. The van der Waals surface area contributed by atoms with Gasteiger partial charge >= 0.3 is 6.03 Å². The Bertz CT molecular complexity index is 1060. The van der Waals surface area contributed by atoms with Crippen molar-refractivity contribution in [3.63, 3.8) is 0 Å². The minimum absolute atomic E-state index is 0.166. The van der Waals surface area contributed by atoms with Crippen LogP contribution in [0.25, 0.3) is 0 Å². The highest BCUT2D eigenvalue weighted by Crippen LogP contribution is 2.28. The van der Waals surface area contributed by atoms with Gasteiger partial charge in [0.15, 0.2) is 0 Å². The fourth-order valence-electron chi connectivity index (χ4n) is 2.34. The molecule has 0 fully saturated rings. The number of carbonyl (C=O) groups excluding carboxylic acids is 1. The molecule has 0 aliphatic heterocycles. The van der Waals surface area contributed by atoms with Gasteiger partial charge in [-0.2, -0.15) is 0 Å². The van der Waals surface area contributed by atoms with Crippen molar-refractivity contribution in [3.05, 3.63) is 83.1 Å². The number of nitrogens with zero attached hydrogens (tertiary/aromatic N) is 1. The molecule has 9 heteroatoms. The Balaban J connectivity index is 1.63. The molecule has 0 bridgehead atoms. The molecule has 0 aliphatic rings. The summed E-state index contributed by atoms with van der Waals surface area (Å²) in [6, 6.07) is 16.1. The van der Waals surface area contributed by atoms with Gasteiger partial charge in [-0.25, -0.2) is 13.2 Å². The summed E-state index contributed by atoms with van der Waals surface area (Å²) in [5.74, 6) is 0. The van der Waals surface area contributed by atoms with Crippen molar-refractivity contribution in [2.45, 2.75) is 11.4 Å². The van der Waals surface area contributed by atoms with Gasteiger partial charge < -0.3 is 10.6 Å². The van der Waals surface area contributed by atoms with Crippen LogP contribution in [0.3, 0.4) is 0 Å². The number of carbonyl (C=O) groups is 1. The highest BCUT2D eigenvalue weighted by atomic mass is 79.9. The van der Waals surface area contributed by atoms with Crippen LogP contribution in [0.15, 0.2) is 82.4 Å². The Morgan fingerprint density at radius 2 is 1.82 bits per heavy atom. The molecule has 3 rings (SSSR count). The van der Waals surface area contributed by atoms with E-state index in [1.807, 2.05) is 6.07 Å². The first-order chi connectivity index (χ1) is 13.4. The molecule has 28 heavy (non-hydrogen) atoms. The second-order valence-corrected chi connectivity index (χ2v) is 8.32. The van der Waals surface area contributed by atoms with Crippen LogP contribution in [0.4, 0.5) is 16.2 Å². The number of nitrogens with one attached hydrogen (secondary N) is 3. The molecule has 1 aromatic heterocycles. The molecule has 3 N–H and O–H groups in total. The van der Waals surface area contributed by atoms with E-state index < -0.39 is 10.0 Å². The molecule has 0 saturated heterocycles. The lowest BCUT2D eigenvalue weighted by molar-refractivity contribution is 0.251. The molecular formula is C19H17BrN4O3S. The van der Waals surface area contributed by atoms with Crippen molar-refractivity contribution in [2.24, 2.45) is 0 Å². The predicted molar refractivity (Wildman–Crippen MR) is 111 cm³/mol. The van der Waals surface area contributed by atoms with E-state index in [-0.39, 0.29) is 10.9 Å². The van der Waals surface area contributed by atoms with E-state index >= 15 is 0 Å². The Kier molecular flexibility index (Phi) is 6.27. The molecule has 7 nitrogen and oxygen atoms in total. The minimum atomic E-state index is -3.70. The SMILES string of the molecule is O=C(NCc1cccnc1)Nc1ccc(NS(=O)(=O)c2ccccc2)c(Br)c1. The fraction of sp³-hybridized carbons (Fsp3) is 0.0526. The van der Waals surface area contributed by atoms with E-state index in [2.05, 4.69) is 36.3 Å². The number of hydrogen-bond donors (Lipinski definition) is 3. The van der Waals surface area contributed by atoms with E-state index in [4.69, 9.17) is 0 Å². The molecule has 0 radical (unpaired) electrons. The largest absolute Gasteiger partial charge is 0.334 e. The molecule has 0 aliphatic carbocycles. The van der Waals surface area contributed by atoms with E-state index in [0.717, 1.165) is 5.56 Å². The molecule has 2 amide bonds. The summed E-state index contributed by atoms with van der Waals surface area (Å²) >= 11 is 3.33. The number of amides is 2. The summed E-state index contributed by atoms with van der Waals surface area (Å²) < 4.78 is 27.9. The first kappa shape index (κ1) is 19.8. The summed E-state index contributed by atoms with van der Waals surface area (Å²) in [5.41, 5.74) is 1.76. The lowest BCUT2D eigenvalue weighted by Crippen LogP contribution is -2.28. The van der Waals surface area contributed by atoms with E-state index in [1.165, 1.54) is 12.1 Å². The summed E-state index contributed by atoms with van der Waals surface area (Å²) in [4.78, 5) is 16.2. The molecule has 2 aromatic carbocycles. The van der Waals surface area contributed by atoms with Crippen LogP contribution in [-0.2, 0) is 16.6 Å². The molecule has 3 aromatic rings. The molecular weight excluding hydrogens is 444 g/mol. The minimum Gasteiger partial charge on any atom is -0.334 e. The van der Waals surface area contributed by atoms with Crippen LogP contribution in [0.5, 0.6) is 0 Å². The van der Waals surface area contributed by atoms with Gasteiger partial charge in [-0.15, -0.1) is 0 Å². The zero-order valence-electron chi connectivity index (χ0n) is 14.6. The van der Waals surface area contributed by atoms with Gasteiger partial charge in [0, 0.05) is 29.1 Å². The number of hydrogen-bond acceptors (Lipinski definition) is 4. The Morgan fingerprint density at radius 3 is 2.50 bits per heavy atom. The molecule has 0 unspecified atom stereocenters. The monoisotopic (exact) mass is 460 g/mol. The Morgan fingerprint density at radius 1 is 1.04 bits per heavy atom. The first-order valence-corrected chi connectivity index (χ1v) is 10.5. The maximum atomic E-state index is 12.4. The second kappa shape index (κ2) is 8.85. The van der Waals surface area contributed by atoms with Crippen molar-refractivity contribution in [3.8, 4) is 0 Å². The number of benzene rings is 2. The van der Waals surface area contributed by atoms with Gasteiger partial charge in [0.2, 0.25) is 0 Å². The zero-order valence-corrected chi connectivity index (χ0v) is 17.0. The Hall–Kier alpha value is -2.91. The third kappa shape index (κ3) is 5.30. The van der Waals surface area contributed by atoms with Crippen LogP contribution in [0, 0.1) is 0 Å². The average Bonchev–Trinajstić information content (AvgIpc) is 2.70. The van der Waals surface area contributed by atoms with Gasteiger partial charge in [0.25, 0.3) is 10.0 Å². The summed E-state index contributed by atoms with van der Waals surface area (Å²) in [5, 5.41) is 5.42. The number of pyridine rings is 1. The molecule has 0 spiro atoms. The van der Waals surface area contributed by atoms with Crippen LogP contribution >= 0.6 is 15.9 Å². The maximum Gasteiger partial charge on any atom is 0.319 e. The number of urea groups is 1. The van der Waals surface area contributed by atoms with Crippen molar-refractivity contribution in [2.75, 3.05) is 10.0 Å². The van der Waals surface area contributed by atoms with E-state index in [9.17, 15) is 13.2 Å². The standard InChI is InChI=1S/C19H17BrN4O3S/c20-17-11-15(23-19(25)22-13-14-5-4-10-21-12-14)8-9-18(17)24-28(26,27)16-6-2-1-3-7-16/h1-12,24H,13H2,(H2,22,23,25). The number of aromatic nitrogens is 1. The van der Waals surface area contributed by atoms with Crippen molar-refractivity contribution in [1.82, 2.24) is 10.3 Å². The maximum absolute atomic E-state index is 12.4. The van der Waals surface area contributed by atoms with Crippen LogP contribution < -0.4 is 15.4 Å². The van der Waals surface area contributed by atoms with Crippen LogP contribution in [0.2, 0.25) is 0 Å². The predicted octanol–water partition coefficient (Wildman–Crippen LogP) is 3.97. The fourth-order valence-corrected chi connectivity index (χ4v) is 4.05. The zero-order chi connectivity index (χ0) is 20.0. The molecule has 0 atom stereocenters. The van der Waals surface area contributed by atoms with Crippen LogP contribution in [-0.4, -0.2) is 19.4 Å². The lowest BCUT2D eigenvalue weighted by atomic mass is 10.3. The topological polar surface area (TPSA) is 100 Å². The van der Waals surface area contributed by atoms with E-state index in [0.29, 0.717) is 22.4 Å². The number of halogens is 1. The van der Waals surface area contributed by atoms with Gasteiger partial charge in [-0.05, 0) is 57.9 Å². The molecule has 1 heterocycles. The number of rotatable bonds is 6. The summed E-state index contributed by atoms with van der Waals surface area (Å²) in [6.45, 7) is 0.343. The van der Waals surface area contributed by atoms with Crippen LogP contribution in [0.1, 0.15) is 5.56 Å². The first-order valence-electron chi connectivity index (χ1n) is 8.25. The van der Waals surface area contributed by atoms with Gasteiger partial charge in [0.05, 0.1) is 10.6 Å². The van der Waals surface area contributed by atoms with Crippen molar-refractivity contribution >= 4 is 43.4 Å². The van der Waals surface area contributed by atoms with Gasteiger partial charge in [-0.3, -0.25) is 9.71 Å². The highest BCUT2D eigenvalue weighted by molar-refractivity contribution is 9.10. The third-order valence-electron chi connectivity index (χ3n) is 3.70. The highest BCUT2D eigenvalue weighted by Gasteiger charge is 2.15. The van der Waals surface area contributed by atoms with Crippen molar-refractivity contribution < 1.29 is 13.2 Å². The molecule has 0 saturated carbocycles. The average molecular weight is 461 g/mol. The third-order valence-corrected chi connectivity index (χ3v) is 5.74. The van der Waals surface area contributed by atoms with E-state index in [1.54, 1.807) is 54.9 Å². The lowest BCUT2D eigenvalue weighted by Gasteiger charge is -2.12. The smallest absolute Gasteiger partial charge is 0.319 e. The van der Waals surface area contributed by atoms with Crippen molar-refractivity contribution in [1.29, 1.82) is 0 Å². The second-order valence-electron chi connectivity index (χ2n) is 5.78. The van der Waals surface area contributed by atoms with Gasteiger partial charge in [-0.1, -0.05) is 24.3 Å². The number of sulfonamides is 1. The summed E-state index contributed by atoms with van der Waals surface area (Å²) in [7, 11) is -3.70. The summed E-state index contributed by atoms with van der Waals surface area (Å²) in [6.07, 6.45) is 3.33. The number of anilines is 2. The Labute approximate surface area is 171 Å².